The Morgan fingerprint density at radius 3 is 2.39 bits per heavy atom. The van der Waals surface area contributed by atoms with Crippen LogP contribution in [0.3, 0.4) is 0 Å². The molecule has 2 aromatic heterocycles. The molecule has 0 amide bonds. The van der Waals surface area contributed by atoms with Crippen molar-refractivity contribution in [1.29, 1.82) is 0 Å². The first-order valence-corrected chi connectivity index (χ1v) is 7.24. The normalized spacial score (nSPS) is 16.6. The molecule has 2 aromatic rings. The van der Waals surface area contributed by atoms with Gasteiger partial charge in [0.05, 0.1) is 0 Å². The molecule has 5 heteroatoms. The van der Waals surface area contributed by atoms with E-state index in [1.807, 2.05) is 12.1 Å². The molecule has 0 spiro atoms. The van der Waals surface area contributed by atoms with Crippen molar-refractivity contribution in [3.63, 3.8) is 0 Å². The lowest BCUT2D eigenvalue weighted by Crippen LogP contribution is -2.23. The van der Waals surface area contributed by atoms with E-state index in [0.29, 0.717) is 0 Å². The second kappa shape index (κ2) is 5.44. The van der Waals surface area contributed by atoms with Crippen molar-refractivity contribution >= 4 is 16.5 Å². The Labute approximate surface area is 111 Å². The highest BCUT2D eigenvalue weighted by Gasteiger charge is 2.15. The van der Waals surface area contributed by atoms with Crippen LogP contribution in [-0.4, -0.2) is 28.3 Å². The molecular weight excluding hydrogens is 244 g/mol. The van der Waals surface area contributed by atoms with Gasteiger partial charge >= 0.3 is 0 Å². The maximum atomic E-state index is 4.33. The van der Waals surface area contributed by atoms with Gasteiger partial charge in [0.25, 0.3) is 0 Å². The van der Waals surface area contributed by atoms with E-state index in [1.165, 1.54) is 25.7 Å². The van der Waals surface area contributed by atoms with E-state index in [-0.39, 0.29) is 0 Å². The van der Waals surface area contributed by atoms with E-state index in [0.717, 1.165) is 28.8 Å². The first-order valence-electron chi connectivity index (χ1n) is 6.42. The topological polar surface area (TPSA) is 41.9 Å². The SMILES string of the molecule is c1cc(-c2nnc(N3CCCCCC3)s2)ccn1. The van der Waals surface area contributed by atoms with Crippen molar-refractivity contribution in [2.24, 2.45) is 0 Å². The van der Waals surface area contributed by atoms with Crippen LogP contribution in [0.15, 0.2) is 24.5 Å². The van der Waals surface area contributed by atoms with E-state index in [9.17, 15) is 0 Å². The van der Waals surface area contributed by atoms with Gasteiger partial charge < -0.3 is 4.90 Å². The summed E-state index contributed by atoms with van der Waals surface area (Å²) in [4.78, 5) is 6.40. The van der Waals surface area contributed by atoms with Crippen LogP contribution in [0, 0.1) is 0 Å². The van der Waals surface area contributed by atoms with E-state index in [4.69, 9.17) is 0 Å². The van der Waals surface area contributed by atoms with E-state index in [2.05, 4.69) is 20.1 Å². The monoisotopic (exact) mass is 260 g/mol. The van der Waals surface area contributed by atoms with Gasteiger partial charge in [0, 0.05) is 31.0 Å². The van der Waals surface area contributed by atoms with Crippen molar-refractivity contribution < 1.29 is 0 Å². The third-order valence-electron chi connectivity index (χ3n) is 3.22. The van der Waals surface area contributed by atoms with Crippen LogP contribution < -0.4 is 4.90 Å². The summed E-state index contributed by atoms with van der Waals surface area (Å²) in [5.74, 6) is 0. The first-order chi connectivity index (χ1) is 8.93. The van der Waals surface area contributed by atoms with Crippen LogP contribution in [-0.2, 0) is 0 Å². The van der Waals surface area contributed by atoms with Crippen LogP contribution in [0.5, 0.6) is 0 Å². The zero-order chi connectivity index (χ0) is 12.2. The van der Waals surface area contributed by atoms with Gasteiger partial charge in [-0.2, -0.15) is 0 Å². The lowest BCUT2D eigenvalue weighted by molar-refractivity contribution is 0.726. The van der Waals surface area contributed by atoms with Crippen molar-refractivity contribution in [3.05, 3.63) is 24.5 Å². The van der Waals surface area contributed by atoms with Gasteiger partial charge in [-0.25, -0.2) is 0 Å². The maximum Gasteiger partial charge on any atom is 0.208 e. The first kappa shape index (κ1) is 11.6. The van der Waals surface area contributed by atoms with Crippen LogP contribution in [0.2, 0.25) is 0 Å². The number of rotatable bonds is 2. The van der Waals surface area contributed by atoms with Crippen molar-refractivity contribution in [1.82, 2.24) is 15.2 Å². The van der Waals surface area contributed by atoms with Gasteiger partial charge in [0.2, 0.25) is 5.13 Å². The standard InChI is InChI=1S/C13H16N4S/c1-2-4-10-17(9-3-1)13-16-15-12(18-13)11-5-7-14-8-6-11/h5-8H,1-4,9-10H2. The number of anilines is 1. The second-order valence-electron chi connectivity index (χ2n) is 4.53. The number of hydrogen-bond donors (Lipinski definition) is 0. The van der Waals surface area contributed by atoms with Crippen molar-refractivity contribution in [3.8, 4) is 10.6 Å². The molecule has 1 aliphatic heterocycles. The molecule has 0 saturated carbocycles. The van der Waals surface area contributed by atoms with Gasteiger partial charge in [-0.1, -0.05) is 24.2 Å². The summed E-state index contributed by atoms with van der Waals surface area (Å²) in [6, 6.07) is 3.96. The van der Waals surface area contributed by atoms with Gasteiger partial charge in [-0.3, -0.25) is 4.98 Å². The number of nitrogens with zero attached hydrogens (tertiary/aromatic N) is 4. The Morgan fingerprint density at radius 2 is 1.67 bits per heavy atom. The summed E-state index contributed by atoms with van der Waals surface area (Å²) in [5.41, 5.74) is 1.10. The Morgan fingerprint density at radius 1 is 0.944 bits per heavy atom. The van der Waals surface area contributed by atoms with Gasteiger partial charge in [0.1, 0.15) is 5.01 Å². The summed E-state index contributed by atoms with van der Waals surface area (Å²) in [6.45, 7) is 2.23. The Kier molecular flexibility index (Phi) is 3.50. The molecule has 1 fully saturated rings. The highest BCUT2D eigenvalue weighted by atomic mass is 32.1. The van der Waals surface area contributed by atoms with E-state index >= 15 is 0 Å². The Bertz CT molecular complexity index is 489. The summed E-state index contributed by atoms with van der Waals surface area (Å²) in [6.07, 6.45) is 8.80. The van der Waals surface area contributed by atoms with Gasteiger partial charge in [-0.15, -0.1) is 10.2 Å². The largest absolute Gasteiger partial charge is 0.347 e. The van der Waals surface area contributed by atoms with Gasteiger partial charge in [0.15, 0.2) is 0 Å². The van der Waals surface area contributed by atoms with Crippen molar-refractivity contribution in [2.75, 3.05) is 18.0 Å². The molecular formula is C13H16N4S. The van der Waals surface area contributed by atoms with Crippen LogP contribution >= 0.6 is 11.3 Å². The summed E-state index contributed by atoms with van der Waals surface area (Å²) < 4.78 is 0. The van der Waals surface area contributed by atoms with Crippen LogP contribution in [0.1, 0.15) is 25.7 Å². The molecule has 0 atom stereocenters. The molecule has 3 heterocycles. The Balaban J connectivity index is 1.80. The third-order valence-corrected chi connectivity index (χ3v) is 4.25. The fourth-order valence-corrected chi connectivity index (χ4v) is 3.12. The molecule has 0 aromatic carbocycles. The number of pyridine rings is 1. The lowest BCUT2D eigenvalue weighted by atomic mass is 10.2. The lowest BCUT2D eigenvalue weighted by Gasteiger charge is -2.17. The number of hydrogen-bond acceptors (Lipinski definition) is 5. The molecule has 0 radical (unpaired) electrons. The zero-order valence-electron chi connectivity index (χ0n) is 10.2. The summed E-state index contributed by atoms with van der Waals surface area (Å²) in [5, 5.41) is 10.7. The molecule has 0 unspecified atom stereocenters. The summed E-state index contributed by atoms with van der Waals surface area (Å²) in [7, 11) is 0. The molecule has 0 aliphatic carbocycles. The predicted octanol–water partition coefficient (Wildman–Crippen LogP) is 2.98. The quantitative estimate of drug-likeness (QED) is 0.832. The van der Waals surface area contributed by atoms with Crippen LogP contribution in [0.25, 0.3) is 10.6 Å². The van der Waals surface area contributed by atoms with Crippen LogP contribution in [0.4, 0.5) is 5.13 Å². The molecule has 0 bridgehead atoms. The fraction of sp³-hybridized carbons (Fsp3) is 0.462. The average Bonchev–Trinajstić information content (AvgIpc) is 2.76. The molecule has 1 aliphatic rings. The molecule has 3 rings (SSSR count). The minimum absolute atomic E-state index is 0.983. The minimum Gasteiger partial charge on any atom is -0.347 e. The highest BCUT2D eigenvalue weighted by Crippen LogP contribution is 2.29. The zero-order valence-corrected chi connectivity index (χ0v) is 11.1. The number of aromatic nitrogens is 3. The van der Waals surface area contributed by atoms with E-state index < -0.39 is 0 Å². The molecule has 18 heavy (non-hydrogen) atoms. The molecule has 0 N–H and O–H groups in total. The van der Waals surface area contributed by atoms with Crippen molar-refractivity contribution in [2.45, 2.75) is 25.7 Å². The highest BCUT2D eigenvalue weighted by molar-refractivity contribution is 7.18. The molecule has 1 saturated heterocycles. The smallest absolute Gasteiger partial charge is 0.208 e. The predicted molar refractivity (Wildman–Crippen MR) is 73.8 cm³/mol. The molecule has 4 nitrogen and oxygen atoms in total. The second-order valence-corrected chi connectivity index (χ2v) is 5.48. The third kappa shape index (κ3) is 2.51. The fourth-order valence-electron chi connectivity index (χ4n) is 2.22. The maximum absolute atomic E-state index is 4.33. The Hall–Kier alpha value is -1.49. The van der Waals surface area contributed by atoms with Gasteiger partial charge in [-0.05, 0) is 25.0 Å². The summed E-state index contributed by atoms with van der Waals surface area (Å²) >= 11 is 1.68. The molecule has 94 valence electrons. The average molecular weight is 260 g/mol. The van der Waals surface area contributed by atoms with E-state index in [1.54, 1.807) is 23.7 Å². The minimum atomic E-state index is 0.983.